The molecule has 0 heterocycles. The van der Waals surface area contributed by atoms with Gasteiger partial charge in [0.05, 0.1) is 0 Å². The van der Waals surface area contributed by atoms with E-state index in [1.807, 2.05) is 12.1 Å². The van der Waals surface area contributed by atoms with E-state index in [0.717, 1.165) is 27.5 Å². The SMILES string of the molecule is Cc1cccc([NH3+])c1C.Fc1ccc([B-](c2ccc(F)cc2)(c2ccc(F)cc2)c2ccc(F)cc2)cc1. The highest BCUT2D eigenvalue weighted by atomic mass is 19.1. The lowest BCUT2D eigenvalue weighted by atomic mass is 9.13. The number of halogens is 4. The van der Waals surface area contributed by atoms with Crippen LogP contribution < -0.4 is 27.6 Å². The average molecular weight is 513 g/mol. The summed E-state index contributed by atoms with van der Waals surface area (Å²) in [4.78, 5) is 0. The number of hydrogen-bond acceptors (Lipinski definition) is 0. The monoisotopic (exact) mass is 513 g/mol. The fraction of sp³-hybridized carbons (Fsp3) is 0.0625. The third-order valence-corrected chi connectivity index (χ3v) is 7.20. The summed E-state index contributed by atoms with van der Waals surface area (Å²) in [6, 6.07) is 30.2. The third kappa shape index (κ3) is 5.56. The lowest BCUT2D eigenvalue weighted by molar-refractivity contribution is -0.255. The molecular formula is C32H28BF4N. The van der Waals surface area contributed by atoms with Crippen molar-refractivity contribution in [1.82, 2.24) is 0 Å². The predicted molar refractivity (Wildman–Crippen MR) is 148 cm³/mol. The van der Waals surface area contributed by atoms with E-state index in [1.54, 1.807) is 48.5 Å². The van der Waals surface area contributed by atoms with E-state index in [9.17, 15) is 17.6 Å². The van der Waals surface area contributed by atoms with Gasteiger partial charge in [-0.2, -0.15) is 21.9 Å². The molecule has 0 saturated heterocycles. The minimum atomic E-state index is -1.94. The number of aryl methyl sites for hydroxylation is 1. The quantitative estimate of drug-likeness (QED) is 0.264. The Balaban J connectivity index is 0.000000317. The highest BCUT2D eigenvalue weighted by molar-refractivity contribution is 7.19. The van der Waals surface area contributed by atoms with Gasteiger partial charge in [0.25, 0.3) is 0 Å². The maximum atomic E-state index is 13.7. The maximum Gasteiger partial charge on any atom is 0.131 e. The third-order valence-electron chi connectivity index (χ3n) is 7.20. The summed E-state index contributed by atoms with van der Waals surface area (Å²) in [6.45, 7) is 4.20. The van der Waals surface area contributed by atoms with Gasteiger partial charge in [-0.15, -0.1) is 0 Å². The summed E-state index contributed by atoms with van der Waals surface area (Å²) < 4.78 is 54.8. The minimum absolute atomic E-state index is 0.393. The predicted octanol–water partition coefficient (Wildman–Crippen LogP) is 4.80. The fourth-order valence-electron chi connectivity index (χ4n) is 4.97. The van der Waals surface area contributed by atoms with Crippen molar-refractivity contribution in [3.05, 3.63) is 150 Å². The maximum absolute atomic E-state index is 13.7. The first kappa shape index (κ1) is 26.9. The molecule has 6 heteroatoms. The van der Waals surface area contributed by atoms with Crippen molar-refractivity contribution >= 4 is 33.7 Å². The van der Waals surface area contributed by atoms with E-state index in [-0.39, 0.29) is 0 Å². The molecule has 5 rings (SSSR count). The summed E-state index contributed by atoms with van der Waals surface area (Å²) in [5.41, 5.74) is 10.6. The zero-order valence-electron chi connectivity index (χ0n) is 21.3. The molecular weight excluding hydrogens is 485 g/mol. The van der Waals surface area contributed by atoms with E-state index in [2.05, 4.69) is 25.6 Å². The normalized spacial score (nSPS) is 11.0. The van der Waals surface area contributed by atoms with E-state index in [4.69, 9.17) is 0 Å². The van der Waals surface area contributed by atoms with Crippen LogP contribution in [-0.4, -0.2) is 6.15 Å². The Morgan fingerprint density at radius 2 is 0.737 bits per heavy atom. The second kappa shape index (κ2) is 11.5. The van der Waals surface area contributed by atoms with Gasteiger partial charge in [0, 0.05) is 5.56 Å². The van der Waals surface area contributed by atoms with Crippen LogP contribution in [0.4, 0.5) is 23.2 Å². The van der Waals surface area contributed by atoms with Gasteiger partial charge in [0.1, 0.15) is 35.1 Å². The van der Waals surface area contributed by atoms with Crippen molar-refractivity contribution in [3.8, 4) is 0 Å². The van der Waals surface area contributed by atoms with Crippen LogP contribution in [0.5, 0.6) is 0 Å². The molecule has 5 aromatic rings. The highest BCUT2D eigenvalue weighted by Crippen LogP contribution is 2.13. The van der Waals surface area contributed by atoms with Crippen molar-refractivity contribution in [1.29, 1.82) is 0 Å². The lowest BCUT2D eigenvalue weighted by Gasteiger charge is -2.44. The highest BCUT2D eigenvalue weighted by Gasteiger charge is 2.32. The molecule has 0 spiro atoms. The molecule has 3 N–H and O–H groups in total. The molecule has 0 fully saturated rings. The van der Waals surface area contributed by atoms with E-state index in [0.29, 0.717) is 0 Å². The Labute approximate surface area is 220 Å². The second-order valence-electron chi connectivity index (χ2n) is 9.43. The Morgan fingerprint density at radius 1 is 0.447 bits per heavy atom. The van der Waals surface area contributed by atoms with Crippen molar-refractivity contribution < 1.29 is 23.3 Å². The van der Waals surface area contributed by atoms with Gasteiger partial charge < -0.3 is 5.73 Å². The zero-order valence-corrected chi connectivity index (χ0v) is 21.3. The van der Waals surface area contributed by atoms with Gasteiger partial charge in [-0.25, -0.2) is 17.6 Å². The molecule has 0 aliphatic rings. The first-order valence-corrected chi connectivity index (χ1v) is 12.3. The van der Waals surface area contributed by atoms with Gasteiger partial charge >= 0.3 is 0 Å². The Kier molecular flexibility index (Phi) is 8.13. The molecule has 0 aromatic heterocycles. The second-order valence-corrected chi connectivity index (χ2v) is 9.43. The standard InChI is InChI=1S/C24H16BF4.C8H11N/c26-21-9-1-17(2-10-21)25(18-3-11-22(27)12-4-18,19-5-13-23(28)14-6-19)20-7-15-24(29)16-8-20;1-6-4-3-5-8(9)7(6)2/h1-16H;3-5H,9H2,1-2H3/q-1;/p+1. The van der Waals surface area contributed by atoms with Crippen molar-refractivity contribution in [3.63, 3.8) is 0 Å². The molecule has 192 valence electrons. The summed E-state index contributed by atoms with van der Waals surface area (Å²) in [6.07, 6.45) is -1.94. The van der Waals surface area contributed by atoms with Gasteiger partial charge in [0.2, 0.25) is 0 Å². The molecule has 0 atom stereocenters. The molecule has 0 radical (unpaired) electrons. The molecule has 1 nitrogen and oxygen atoms in total. The molecule has 0 unspecified atom stereocenters. The van der Waals surface area contributed by atoms with Crippen LogP contribution in [0, 0.1) is 37.1 Å². The molecule has 0 saturated carbocycles. The van der Waals surface area contributed by atoms with Gasteiger partial charge in [-0.05, 0) is 74.0 Å². The van der Waals surface area contributed by atoms with E-state index in [1.165, 1.54) is 59.7 Å². The molecule has 0 aliphatic heterocycles. The van der Waals surface area contributed by atoms with Crippen LogP contribution in [0.3, 0.4) is 0 Å². The number of hydrogen-bond donors (Lipinski definition) is 1. The fourth-order valence-corrected chi connectivity index (χ4v) is 4.97. The van der Waals surface area contributed by atoms with Crippen LogP contribution in [0.25, 0.3) is 0 Å². The molecule has 38 heavy (non-hydrogen) atoms. The Bertz CT molecular complexity index is 1290. The molecule has 0 aliphatic carbocycles. The summed E-state index contributed by atoms with van der Waals surface area (Å²) in [5, 5.41) is 0. The summed E-state index contributed by atoms with van der Waals surface area (Å²) in [7, 11) is 0. The Hall–Kier alpha value is -4.16. The van der Waals surface area contributed by atoms with Gasteiger partial charge in [-0.3, -0.25) is 0 Å². The van der Waals surface area contributed by atoms with Gasteiger partial charge in [0.15, 0.2) is 0 Å². The number of benzene rings is 5. The minimum Gasteiger partial charge on any atom is -0.325 e. The Morgan fingerprint density at radius 3 is 0.974 bits per heavy atom. The van der Waals surface area contributed by atoms with E-state index >= 15 is 0 Å². The lowest BCUT2D eigenvalue weighted by Crippen LogP contribution is -2.74. The van der Waals surface area contributed by atoms with Crippen molar-refractivity contribution in [2.24, 2.45) is 0 Å². The van der Waals surface area contributed by atoms with Crippen LogP contribution in [0.15, 0.2) is 115 Å². The van der Waals surface area contributed by atoms with Crippen molar-refractivity contribution in [2.75, 3.05) is 0 Å². The average Bonchev–Trinajstić information content (AvgIpc) is 2.92. The van der Waals surface area contributed by atoms with Crippen molar-refractivity contribution in [2.45, 2.75) is 13.8 Å². The van der Waals surface area contributed by atoms with Crippen LogP contribution in [-0.2, 0) is 0 Å². The van der Waals surface area contributed by atoms with Crippen LogP contribution in [0.2, 0.25) is 0 Å². The summed E-state index contributed by atoms with van der Waals surface area (Å²) in [5.74, 6) is -1.57. The number of rotatable bonds is 4. The molecule has 0 bridgehead atoms. The molecule has 0 amide bonds. The largest absolute Gasteiger partial charge is 0.325 e. The van der Waals surface area contributed by atoms with E-state index < -0.39 is 29.4 Å². The van der Waals surface area contributed by atoms with Crippen LogP contribution in [0.1, 0.15) is 11.1 Å². The van der Waals surface area contributed by atoms with Crippen LogP contribution >= 0.6 is 0 Å². The smallest absolute Gasteiger partial charge is 0.131 e. The van der Waals surface area contributed by atoms with Gasteiger partial charge in [-0.1, -0.05) is 60.7 Å². The first-order chi connectivity index (χ1) is 18.2. The topological polar surface area (TPSA) is 27.6 Å². The first-order valence-electron chi connectivity index (χ1n) is 12.3. The number of quaternary nitrogens is 1. The molecule has 5 aromatic carbocycles. The summed E-state index contributed by atoms with van der Waals surface area (Å²) >= 11 is 0. The zero-order chi connectivity index (χ0) is 27.3.